The maximum atomic E-state index is 13.1. The molecule has 0 atom stereocenters. The topological polar surface area (TPSA) is 66.5 Å². The highest BCUT2D eigenvalue weighted by Gasteiger charge is 2.27. The highest BCUT2D eigenvalue weighted by atomic mass is 32.2. The highest BCUT2D eigenvalue weighted by Crippen LogP contribution is 2.27. The molecule has 0 aliphatic carbocycles. The van der Waals surface area contributed by atoms with E-state index in [-0.39, 0.29) is 10.8 Å². The van der Waals surface area contributed by atoms with Crippen LogP contribution in [0.3, 0.4) is 0 Å². The predicted molar refractivity (Wildman–Crippen MR) is 139 cm³/mol. The number of aryl methyl sites for hydroxylation is 2. The second kappa shape index (κ2) is 10.8. The van der Waals surface area contributed by atoms with Gasteiger partial charge in [0.05, 0.1) is 4.90 Å². The number of hydrogen-bond donors (Lipinski definition) is 1. The van der Waals surface area contributed by atoms with E-state index in [9.17, 15) is 13.2 Å². The minimum absolute atomic E-state index is 0.176. The van der Waals surface area contributed by atoms with Crippen LogP contribution in [0.1, 0.15) is 46.3 Å². The third-order valence-corrected chi connectivity index (χ3v) is 9.07. The third-order valence-electron chi connectivity index (χ3n) is 6.09. The lowest BCUT2D eigenvalue weighted by atomic mass is 10.1. The van der Waals surface area contributed by atoms with Crippen LogP contribution in [0.25, 0.3) is 0 Å². The Hall–Kier alpha value is -2.61. The Labute approximate surface area is 206 Å². The molecule has 1 aliphatic rings. The summed E-state index contributed by atoms with van der Waals surface area (Å²) in [5.41, 5.74) is 3.98. The van der Waals surface area contributed by atoms with E-state index in [4.69, 9.17) is 0 Å². The smallest absolute Gasteiger partial charge is 0.255 e. The van der Waals surface area contributed by atoms with Crippen molar-refractivity contribution in [2.45, 2.75) is 48.7 Å². The molecule has 0 aromatic heterocycles. The fourth-order valence-corrected chi connectivity index (χ4v) is 6.50. The van der Waals surface area contributed by atoms with Crippen LogP contribution in [-0.4, -0.2) is 31.7 Å². The van der Waals surface area contributed by atoms with Crippen LogP contribution < -0.4 is 5.32 Å². The summed E-state index contributed by atoms with van der Waals surface area (Å²) in [7, 11) is -3.60. The molecule has 178 valence electrons. The quantitative estimate of drug-likeness (QED) is 0.408. The van der Waals surface area contributed by atoms with Crippen molar-refractivity contribution < 1.29 is 13.2 Å². The lowest BCUT2D eigenvalue weighted by molar-refractivity contribution is 0.102. The lowest BCUT2D eigenvalue weighted by Gasteiger charge is -2.26. The number of hydrogen-bond acceptors (Lipinski definition) is 4. The molecule has 7 heteroatoms. The largest absolute Gasteiger partial charge is 0.322 e. The van der Waals surface area contributed by atoms with E-state index in [1.165, 1.54) is 20.8 Å². The van der Waals surface area contributed by atoms with E-state index in [1.54, 1.807) is 23.9 Å². The second-order valence-electron chi connectivity index (χ2n) is 8.65. The van der Waals surface area contributed by atoms with E-state index < -0.39 is 10.0 Å². The average molecular weight is 495 g/mol. The molecule has 1 aliphatic heterocycles. The van der Waals surface area contributed by atoms with E-state index >= 15 is 0 Å². The summed E-state index contributed by atoms with van der Waals surface area (Å²) in [6.07, 6.45) is 2.80. The molecule has 3 aromatic carbocycles. The molecular weight excluding hydrogens is 464 g/mol. The number of piperidine rings is 1. The van der Waals surface area contributed by atoms with Crippen LogP contribution in [0.4, 0.5) is 5.69 Å². The average Bonchev–Trinajstić information content (AvgIpc) is 2.85. The third kappa shape index (κ3) is 5.71. The molecule has 34 heavy (non-hydrogen) atoms. The molecule has 0 unspecified atom stereocenters. The van der Waals surface area contributed by atoms with Gasteiger partial charge in [-0.05, 0) is 73.7 Å². The van der Waals surface area contributed by atoms with Crippen molar-refractivity contribution in [3.05, 3.63) is 89.0 Å². The van der Waals surface area contributed by atoms with Gasteiger partial charge in [0, 0.05) is 35.0 Å². The fourth-order valence-electron chi connectivity index (χ4n) is 4.09. The van der Waals surface area contributed by atoms with Gasteiger partial charge in [0.1, 0.15) is 0 Å². The molecule has 5 nitrogen and oxygen atoms in total. The summed E-state index contributed by atoms with van der Waals surface area (Å²) in [6, 6.07) is 21.1. The van der Waals surface area contributed by atoms with Gasteiger partial charge >= 0.3 is 0 Å². The molecule has 0 saturated carbocycles. The number of nitrogens with zero attached hydrogens (tertiary/aromatic N) is 1. The van der Waals surface area contributed by atoms with Crippen LogP contribution in [0.15, 0.2) is 76.5 Å². The van der Waals surface area contributed by atoms with Crippen molar-refractivity contribution >= 4 is 33.4 Å². The van der Waals surface area contributed by atoms with Gasteiger partial charge in [-0.2, -0.15) is 4.31 Å². The van der Waals surface area contributed by atoms with Gasteiger partial charge in [0.15, 0.2) is 0 Å². The van der Waals surface area contributed by atoms with Crippen molar-refractivity contribution in [1.82, 2.24) is 4.31 Å². The Morgan fingerprint density at radius 3 is 2.35 bits per heavy atom. The first-order valence-corrected chi connectivity index (χ1v) is 14.0. The number of nitrogens with one attached hydrogen (secondary N) is 1. The van der Waals surface area contributed by atoms with Crippen LogP contribution in [0.5, 0.6) is 0 Å². The summed E-state index contributed by atoms with van der Waals surface area (Å²) < 4.78 is 27.7. The summed E-state index contributed by atoms with van der Waals surface area (Å²) in [4.78, 5) is 14.5. The molecule has 1 amide bonds. The van der Waals surface area contributed by atoms with Crippen molar-refractivity contribution in [3.8, 4) is 0 Å². The Morgan fingerprint density at radius 1 is 0.912 bits per heavy atom. The first-order chi connectivity index (χ1) is 16.3. The van der Waals surface area contributed by atoms with Crippen molar-refractivity contribution in [1.29, 1.82) is 0 Å². The van der Waals surface area contributed by atoms with E-state index in [1.807, 2.05) is 44.2 Å². The Kier molecular flexibility index (Phi) is 7.76. The van der Waals surface area contributed by atoms with Crippen molar-refractivity contribution in [3.63, 3.8) is 0 Å². The second-order valence-corrected chi connectivity index (χ2v) is 11.6. The molecule has 0 bridgehead atoms. The standard InChI is InChI=1S/C27H30N2O3S2/c1-20-11-13-24(34(31,32)29-15-7-4-8-16-29)18-25(20)27(30)28-26-14-12-22(17-21(26)2)19-33-23-9-5-3-6-10-23/h3,5-6,9-14,17-18H,4,7-8,15-16,19H2,1-2H3,(H,28,30). The van der Waals surface area contributed by atoms with Gasteiger partial charge in [-0.3, -0.25) is 4.79 Å². The van der Waals surface area contributed by atoms with Gasteiger partial charge < -0.3 is 5.32 Å². The van der Waals surface area contributed by atoms with Crippen LogP contribution in [0, 0.1) is 13.8 Å². The number of thioether (sulfide) groups is 1. The summed E-state index contributed by atoms with van der Waals surface area (Å²) in [6.45, 7) is 4.86. The molecule has 4 rings (SSSR count). The molecule has 1 N–H and O–H groups in total. The molecule has 1 heterocycles. The number of benzene rings is 3. The van der Waals surface area contributed by atoms with E-state index in [2.05, 4.69) is 23.5 Å². The van der Waals surface area contributed by atoms with Gasteiger partial charge in [0.2, 0.25) is 10.0 Å². The number of anilines is 1. The monoisotopic (exact) mass is 494 g/mol. The van der Waals surface area contributed by atoms with E-state index in [0.29, 0.717) is 18.7 Å². The molecule has 1 fully saturated rings. The number of sulfonamides is 1. The van der Waals surface area contributed by atoms with Gasteiger partial charge in [-0.1, -0.05) is 42.8 Å². The Morgan fingerprint density at radius 2 is 1.65 bits per heavy atom. The zero-order chi connectivity index (χ0) is 24.1. The molecule has 0 radical (unpaired) electrons. The Balaban J connectivity index is 1.48. The first-order valence-electron chi connectivity index (χ1n) is 11.5. The molecule has 1 saturated heterocycles. The minimum Gasteiger partial charge on any atom is -0.322 e. The number of carbonyl (C=O) groups is 1. The van der Waals surface area contributed by atoms with Crippen LogP contribution in [0.2, 0.25) is 0 Å². The van der Waals surface area contributed by atoms with Gasteiger partial charge in [0.25, 0.3) is 5.91 Å². The number of carbonyl (C=O) groups excluding carboxylic acids is 1. The maximum Gasteiger partial charge on any atom is 0.255 e. The maximum absolute atomic E-state index is 13.1. The molecule has 0 spiro atoms. The summed E-state index contributed by atoms with van der Waals surface area (Å²) in [5, 5.41) is 2.97. The summed E-state index contributed by atoms with van der Waals surface area (Å²) in [5.74, 6) is 0.539. The minimum atomic E-state index is -3.60. The van der Waals surface area contributed by atoms with E-state index in [0.717, 1.165) is 41.8 Å². The zero-order valence-corrected chi connectivity index (χ0v) is 21.2. The van der Waals surface area contributed by atoms with Crippen LogP contribution >= 0.6 is 11.8 Å². The normalized spacial score (nSPS) is 14.6. The summed E-state index contributed by atoms with van der Waals surface area (Å²) >= 11 is 1.77. The molecular formula is C27H30N2O3S2. The van der Waals surface area contributed by atoms with Gasteiger partial charge in [-0.25, -0.2) is 8.42 Å². The molecule has 3 aromatic rings. The fraction of sp³-hybridized carbons (Fsp3) is 0.296. The number of amides is 1. The number of rotatable bonds is 7. The predicted octanol–water partition coefficient (Wildman–Crippen LogP) is 6.02. The lowest BCUT2D eigenvalue weighted by Crippen LogP contribution is -2.35. The van der Waals surface area contributed by atoms with Crippen molar-refractivity contribution in [2.24, 2.45) is 0 Å². The Bertz CT molecular complexity index is 1270. The highest BCUT2D eigenvalue weighted by molar-refractivity contribution is 7.98. The van der Waals surface area contributed by atoms with Gasteiger partial charge in [-0.15, -0.1) is 11.8 Å². The van der Waals surface area contributed by atoms with Crippen molar-refractivity contribution in [2.75, 3.05) is 18.4 Å². The first kappa shape index (κ1) is 24.5. The zero-order valence-electron chi connectivity index (χ0n) is 19.6. The van der Waals surface area contributed by atoms with Crippen LogP contribution in [-0.2, 0) is 15.8 Å². The SMILES string of the molecule is Cc1cc(CSc2ccccc2)ccc1NC(=O)c1cc(S(=O)(=O)N2CCCCC2)ccc1C.